The Morgan fingerprint density at radius 2 is 1.81 bits per heavy atom. The van der Waals surface area contributed by atoms with Crippen molar-refractivity contribution < 1.29 is 26.4 Å². The standard InChI is InChI=1S/C17H22ClF3N2O3S/c1-11(2)26-22-16(12-6-4-3-5-7-12)14-10-13(18)8-9-15(14)23-27(24,25)17(19,20)21/h8-11,22-23H,3-7H2,1-2H3. The van der Waals surface area contributed by atoms with E-state index in [0.29, 0.717) is 5.70 Å². The minimum absolute atomic E-state index is 0.196. The summed E-state index contributed by atoms with van der Waals surface area (Å²) in [5.74, 6) is 0. The molecule has 0 amide bonds. The Morgan fingerprint density at radius 3 is 2.37 bits per heavy atom. The van der Waals surface area contributed by atoms with Gasteiger partial charge in [-0.2, -0.15) is 21.6 Å². The molecule has 2 rings (SSSR count). The quantitative estimate of drug-likeness (QED) is 0.613. The molecule has 27 heavy (non-hydrogen) atoms. The lowest BCUT2D eigenvalue weighted by atomic mass is 9.91. The van der Waals surface area contributed by atoms with E-state index in [4.69, 9.17) is 16.4 Å². The molecular weight excluding hydrogens is 405 g/mol. The highest BCUT2D eigenvalue weighted by atomic mass is 35.5. The molecule has 0 unspecified atom stereocenters. The van der Waals surface area contributed by atoms with Crippen LogP contribution in [-0.4, -0.2) is 20.0 Å². The van der Waals surface area contributed by atoms with Crippen LogP contribution in [0.5, 0.6) is 0 Å². The highest BCUT2D eigenvalue weighted by Crippen LogP contribution is 2.35. The molecule has 152 valence electrons. The first kappa shape index (κ1) is 21.8. The molecule has 1 aliphatic rings. The molecule has 0 aliphatic heterocycles. The maximum atomic E-state index is 12.8. The van der Waals surface area contributed by atoms with Crippen molar-refractivity contribution in [1.29, 1.82) is 0 Å². The monoisotopic (exact) mass is 426 g/mol. The third-order valence-corrected chi connectivity index (χ3v) is 5.34. The van der Waals surface area contributed by atoms with E-state index in [1.807, 2.05) is 0 Å². The maximum absolute atomic E-state index is 12.8. The minimum atomic E-state index is -5.57. The molecule has 0 saturated heterocycles. The number of nitrogens with one attached hydrogen (secondary N) is 2. The Bertz CT molecular complexity index is 800. The number of sulfonamides is 1. The van der Waals surface area contributed by atoms with Crippen LogP contribution in [0, 0.1) is 0 Å². The molecule has 1 aromatic rings. The highest BCUT2D eigenvalue weighted by molar-refractivity contribution is 7.93. The van der Waals surface area contributed by atoms with Gasteiger partial charge in [-0.05, 0) is 63.3 Å². The van der Waals surface area contributed by atoms with E-state index in [0.717, 1.165) is 37.7 Å². The average molecular weight is 427 g/mol. The van der Waals surface area contributed by atoms with Gasteiger partial charge < -0.3 is 0 Å². The second-order valence-corrected chi connectivity index (χ2v) is 8.66. The van der Waals surface area contributed by atoms with Crippen LogP contribution in [-0.2, 0) is 14.9 Å². The Kier molecular flexibility index (Phi) is 7.04. The second-order valence-electron chi connectivity index (χ2n) is 6.55. The van der Waals surface area contributed by atoms with Gasteiger partial charge in [0.15, 0.2) is 0 Å². The number of alkyl halides is 3. The molecule has 5 nitrogen and oxygen atoms in total. The van der Waals surface area contributed by atoms with Crippen molar-refractivity contribution in [1.82, 2.24) is 5.48 Å². The van der Waals surface area contributed by atoms with Gasteiger partial charge in [-0.25, -0.2) is 0 Å². The zero-order chi connectivity index (χ0) is 20.2. The Hall–Kier alpha value is -1.45. The van der Waals surface area contributed by atoms with Crippen molar-refractivity contribution in [2.75, 3.05) is 4.72 Å². The number of halogens is 4. The molecule has 1 aromatic carbocycles. The fourth-order valence-electron chi connectivity index (χ4n) is 2.74. The molecule has 0 bridgehead atoms. The average Bonchev–Trinajstić information content (AvgIpc) is 2.57. The number of hydrogen-bond donors (Lipinski definition) is 2. The van der Waals surface area contributed by atoms with Crippen molar-refractivity contribution >= 4 is 33.0 Å². The van der Waals surface area contributed by atoms with Crippen molar-refractivity contribution in [3.63, 3.8) is 0 Å². The lowest BCUT2D eigenvalue weighted by Crippen LogP contribution is -2.30. The van der Waals surface area contributed by atoms with Gasteiger partial charge in [0, 0.05) is 10.6 Å². The number of hydroxylamine groups is 1. The summed E-state index contributed by atoms with van der Waals surface area (Å²) in [6.07, 6.45) is 4.21. The fourth-order valence-corrected chi connectivity index (χ4v) is 3.49. The van der Waals surface area contributed by atoms with E-state index in [1.165, 1.54) is 18.2 Å². The zero-order valence-electron chi connectivity index (χ0n) is 15.0. The molecule has 2 N–H and O–H groups in total. The number of rotatable bonds is 6. The Morgan fingerprint density at radius 1 is 1.19 bits per heavy atom. The van der Waals surface area contributed by atoms with Crippen LogP contribution in [0.2, 0.25) is 5.02 Å². The highest BCUT2D eigenvalue weighted by Gasteiger charge is 2.46. The van der Waals surface area contributed by atoms with Crippen LogP contribution >= 0.6 is 11.6 Å². The van der Waals surface area contributed by atoms with Crippen LogP contribution in [0.15, 0.2) is 23.8 Å². The molecule has 1 saturated carbocycles. The molecule has 1 aliphatic carbocycles. The first-order valence-electron chi connectivity index (χ1n) is 8.54. The lowest BCUT2D eigenvalue weighted by molar-refractivity contribution is -0.0429. The van der Waals surface area contributed by atoms with E-state index in [-0.39, 0.29) is 22.4 Å². The molecule has 0 spiro atoms. The summed E-state index contributed by atoms with van der Waals surface area (Å²) in [5, 5.41) is 0.264. The van der Waals surface area contributed by atoms with Crippen LogP contribution in [0.1, 0.15) is 51.5 Å². The second kappa shape index (κ2) is 8.70. The van der Waals surface area contributed by atoms with Gasteiger partial charge in [0.05, 0.1) is 17.5 Å². The molecule has 0 atom stereocenters. The summed E-state index contributed by atoms with van der Waals surface area (Å²) in [6.45, 7) is 3.59. The Balaban J connectivity index is 2.53. The summed E-state index contributed by atoms with van der Waals surface area (Å²) in [5.41, 5.74) is -1.22. The molecule has 0 heterocycles. The van der Waals surface area contributed by atoms with Gasteiger partial charge in [-0.1, -0.05) is 18.0 Å². The lowest BCUT2D eigenvalue weighted by Gasteiger charge is -2.24. The topological polar surface area (TPSA) is 67.4 Å². The van der Waals surface area contributed by atoms with E-state index < -0.39 is 15.5 Å². The third-order valence-electron chi connectivity index (χ3n) is 4.01. The van der Waals surface area contributed by atoms with E-state index in [2.05, 4.69) is 5.48 Å². The summed E-state index contributed by atoms with van der Waals surface area (Å²) in [4.78, 5) is 5.45. The van der Waals surface area contributed by atoms with Gasteiger partial charge in [0.25, 0.3) is 0 Å². The number of benzene rings is 1. The summed E-state index contributed by atoms with van der Waals surface area (Å²) in [7, 11) is -5.57. The van der Waals surface area contributed by atoms with Crippen molar-refractivity contribution in [3.05, 3.63) is 34.4 Å². The van der Waals surface area contributed by atoms with Gasteiger partial charge in [0.2, 0.25) is 0 Å². The first-order valence-corrected chi connectivity index (χ1v) is 10.4. The number of hydrogen-bond acceptors (Lipinski definition) is 4. The largest absolute Gasteiger partial charge is 0.516 e. The number of anilines is 1. The van der Waals surface area contributed by atoms with Crippen LogP contribution in [0.25, 0.3) is 5.70 Å². The maximum Gasteiger partial charge on any atom is 0.516 e. The zero-order valence-corrected chi connectivity index (χ0v) is 16.6. The van der Waals surface area contributed by atoms with E-state index >= 15 is 0 Å². The number of allylic oxidation sites excluding steroid dienone is 1. The van der Waals surface area contributed by atoms with Crippen LogP contribution < -0.4 is 10.2 Å². The van der Waals surface area contributed by atoms with Gasteiger partial charge in [0.1, 0.15) is 0 Å². The first-order chi connectivity index (χ1) is 12.5. The minimum Gasteiger partial charge on any atom is -0.275 e. The molecule has 0 aromatic heterocycles. The molecule has 10 heteroatoms. The van der Waals surface area contributed by atoms with Gasteiger partial charge >= 0.3 is 15.5 Å². The van der Waals surface area contributed by atoms with Crippen molar-refractivity contribution in [2.24, 2.45) is 0 Å². The van der Waals surface area contributed by atoms with E-state index in [1.54, 1.807) is 18.6 Å². The van der Waals surface area contributed by atoms with Crippen molar-refractivity contribution in [3.8, 4) is 0 Å². The van der Waals surface area contributed by atoms with E-state index in [9.17, 15) is 21.6 Å². The SMILES string of the molecule is CC(C)ONC(=C1CCCCC1)c1cc(Cl)ccc1NS(=O)(=O)C(F)(F)F. The summed E-state index contributed by atoms with van der Waals surface area (Å²) in [6, 6.07) is 3.95. The van der Waals surface area contributed by atoms with Crippen LogP contribution in [0.4, 0.5) is 18.9 Å². The third kappa shape index (κ3) is 5.76. The molecule has 1 fully saturated rings. The van der Waals surface area contributed by atoms with Crippen molar-refractivity contribution in [2.45, 2.75) is 57.6 Å². The predicted molar refractivity (Wildman–Crippen MR) is 99.4 cm³/mol. The fraction of sp³-hybridized carbons (Fsp3) is 0.529. The van der Waals surface area contributed by atoms with Gasteiger partial charge in [-0.15, -0.1) is 0 Å². The van der Waals surface area contributed by atoms with Crippen LogP contribution in [0.3, 0.4) is 0 Å². The normalized spacial score (nSPS) is 15.7. The smallest absolute Gasteiger partial charge is 0.275 e. The Labute approximate surface area is 161 Å². The molecular formula is C17H22ClF3N2O3S. The predicted octanol–water partition coefficient (Wildman–Crippen LogP) is 5.21. The molecule has 0 radical (unpaired) electrons. The summed E-state index contributed by atoms with van der Waals surface area (Å²) >= 11 is 6.03. The summed E-state index contributed by atoms with van der Waals surface area (Å²) < 4.78 is 63.2. The van der Waals surface area contributed by atoms with Gasteiger partial charge in [-0.3, -0.25) is 15.0 Å².